The fourth-order valence-electron chi connectivity index (χ4n) is 3.31. The molecule has 2 saturated heterocycles. The maximum absolute atomic E-state index is 12.3. The van der Waals surface area contributed by atoms with Crippen molar-refractivity contribution in [2.45, 2.75) is 61.4 Å². The molecule has 8 N–H and O–H groups in total. The Balaban J connectivity index is 1.62. The van der Waals surface area contributed by atoms with Gasteiger partial charge in [-0.25, -0.2) is 4.79 Å². The fraction of sp³-hybridized carbons (Fsp3) is 0.632. The lowest BCUT2D eigenvalue weighted by Crippen LogP contribution is -2.60. The number of carbonyl (C=O) groups is 1. The second kappa shape index (κ2) is 10.4. The van der Waals surface area contributed by atoms with Crippen molar-refractivity contribution in [3.05, 3.63) is 29.8 Å². The summed E-state index contributed by atoms with van der Waals surface area (Å²) >= 11 is 0. The fourth-order valence-corrected chi connectivity index (χ4v) is 3.31. The molecule has 0 aliphatic carbocycles. The standard InChI is InChI=1S/C19H26O13/c20-5-9-11(22)13(24)15(26)18(30-9)29-8-3-1-7(2-4-8)17(28)32-19-16(27)14(25)12(23)10(6-21)31-19/h1-4,9-16,18-27H,5-6H2/t9-,10-,11-,12-,13+,14+,15-,16-,18-,19+/m1/s1. The van der Waals surface area contributed by atoms with Gasteiger partial charge in [-0.15, -0.1) is 0 Å². The van der Waals surface area contributed by atoms with Crippen LogP contribution in [0.15, 0.2) is 24.3 Å². The molecular formula is C19H26O13. The van der Waals surface area contributed by atoms with Crippen LogP contribution in [-0.4, -0.2) is 121 Å². The average molecular weight is 462 g/mol. The Labute approximate surface area is 181 Å². The van der Waals surface area contributed by atoms with Crippen LogP contribution in [-0.2, 0) is 14.2 Å². The second-order valence-corrected chi connectivity index (χ2v) is 7.44. The number of carbonyl (C=O) groups excluding carboxylic acids is 1. The van der Waals surface area contributed by atoms with Crippen LogP contribution in [0.3, 0.4) is 0 Å². The first kappa shape index (κ1) is 24.7. The minimum atomic E-state index is -1.74. The molecule has 0 aromatic heterocycles. The molecule has 0 radical (unpaired) electrons. The maximum Gasteiger partial charge on any atom is 0.340 e. The van der Waals surface area contributed by atoms with E-state index in [-0.39, 0.29) is 11.3 Å². The van der Waals surface area contributed by atoms with Crippen molar-refractivity contribution in [2.75, 3.05) is 13.2 Å². The largest absolute Gasteiger partial charge is 0.462 e. The van der Waals surface area contributed by atoms with E-state index >= 15 is 0 Å². The molecule has 2 aliphatic heterocycles. The Kier molecular flexibility index (Phi) is 8.00. The van der Waals surface area contributed by atoms with Gasteiger partial charge >= 0.3 is 5.97 Å². The highest BCUT2D eigenvalue weighted by Crippen LogP contribution is 2.26. The number of aliphatic hydroxyl groups excluding tert-OH is 8. The van der Waals surface area contributed by atoms with E-state index in [0.29, 0.717) is 0 Å². The van der Waals surface area contributed by atoms with Crippen molar-refractivity contribution in [3.8, 4) is 5.75 Å². The molecule has 2 fully saturated rings. The molecule has 13 heteroatoms. The van der Waals surface area contributed by atoms with Crippen LogP contribution in [0.5, 0.6) is 5.75 Å². The number of hydrogen-bond donors (Lipinski definition) is 8. The molecule has 0 unspecified atom stereocenters. The van der Waals surface area contributed by atoms with Gasteiger partial charge in [0.1, 0.15) is 54.6 Å². The second-order valence-electron chi connectivity index (χ2n) is 7.44. The quantitative estimate of drug-likeness (QED) is 0.189. The lowest BCUT2D eigenvalue weighted by molar-refractivity contribution is -0.285. The van der Waals surface area contributed by atoms with Crippen molar-refractivity contribution in [3.63, 3.8) is 0 Å². The molecular weight excluding hydrogens is 436 g/mol. The van der Waals surface area contributed by atoms with Crippen LogP contribution in [0.2, 0.25) is 0 Å². The van der Waals surface area contributed by atoms with Gasteiger partial charge < -0.3 is 59.8 Å². The van der Waals surface area contributed by atoms with Crippen molar-refractivity contribution >= 4 is 5.97 Å². The smallest absolute Gasteiger partial charge is 0.340 e. The van der Waals surface area contributed by atoms with Crippen molar-refractivity contribution in [1.82, 2.24) is 0 Å². The van der Waals surface area contributed by atoms with Crippen molar-refractivity contribution in [1.29, 1.82) is 0 Å². The number of rotatable bonds is 6. The van der Waals surface area contributed by atoms with E-state index in [1.54, 1.807) is 0 Å². The number of ether oxygens (including phenoxy) is 4. The van der Waals surface area contributed by atoms with Gasteiger partial charge in [0.15, 0.2) is 0 Å². The zero-order valence-electron chi connectivity index (χ0n) is 16.6. The third-order valence-electron chi connectivity index (χ3n) is 5.26. The van der Waals surface area contributed by atoms with Crippen LogP contribution in [0.25, 0.3) is 0 Å². The monoisotopic (exact) mass is 462 g/mol. The topological polar surface area (TPSA) is 216 Å². The molecule has 0 spiro atoms. The molecule has 0 bridgehead atoms. The number of hydrogen-bond acceptors (Lipinski definition) is 13. The van der Waals surface area contributed by atoms with E-state index < -0.39 is 80.6 Å². The van der Waals surface area contributed by atoms with Crippen LogP contribution < -0.4 is 4.74 Å². The van der Waals surface area contributed by atoms with Crippen LogP contribution >= 0.6 is 0 Å². The first-order chi connectivity index (χ1) is 15.2. The van der Waals surface area contributed by atoms with E-state index in [0.717, 1.165) is 0 Å². The first-order valence-electron chi connectivity index (χ1n) is 9.76. The molecule has 1 aromatic rings. The SMILES string of the molecule is O=C(O[C@@H]1O[C@H](CO)[C@@H](O)[C@H](O)[C@H]1O)c1ccc(O[C@@H]2O[C@H](CO)[C@@H](O)[C@H](O)[C@H]2O)cc1. The molecule has 3 rings (SSSR count). The summed E-state index contributed by atoms with van der Waals surface area (Å²) in [7, 11) is 0. The number of aliphatic hydroxyl groups is 8. The Morgan fingerprint density at radius 3 is 1.69 bits per heavy atom. The lowest BCUT2D eigenvalue weighted by atomic mass is 9.99. The molecule has 0 amide bonds. The highest BCUT2D eigenvalue weighted by Gasteiger charge is 2.46. The lowest BCUT2D eigenvalue weighted by Gasteiger charge is -2.39. The van der Waals surface area contributed by atoms with Gasteiger partial charge in [-0.05, 0) is 24.3 Å². The third-order valence-corrected chi connectivity index (χ3v) is 5.26. The minimum absolute atomic E-state index is 0.0110. The molecule has 32 heavy (non-hydrogen) atoms. The molecule has 13 nitrogen and oxygen atoms in total. The van der Waals surface area contributed by atoms with Crippen LogP contribution in [0.4, 0.5) is 0 Å². The highest BCUT2D eigenvalue weighted by atomic mass is 16.7. The van der Waals surface area contributed by atoms with Crippen LogP contribution in [0, 0.1) is 0 Å². The predicted molar refractivity (Wildman–Crippen MR) is 100 cm³/mol. The molecule has 10 atom stereocenters. The summed E-state index contributed by atoms with van der Waals surface area (Å²) in [6.45, 7) is -1.30. The molecule has 1 aromatic carbocycles. The molecule has 0 saturated carbocycles. The minimum Gasteiger partial charge on any atom is -0.462 e. The summed E-state index contributed by atoms with van der Waals surface area (Å²) in [5.74, 6) is -0.840. The van der Waals surface area contributed by atoms with E-state index in [1.165, 1.54) is 24.3 Å². The van der Waals surface area contributed by atoms with Gasteiger partial charge in [0.2, 0.25) is 12.6 Å². The van der Waals surface area contributed by atoms with E-state index in [4.69, 9.17) is 18.9 Å². The normalized spacial score (nSPS) is 40.0. The van der Waals surface area contributed by atoms with Gasteiger partial charge in [0, 0.05) is 0 Å². The van der Waals surface area contributed by atoms with E-state index in [9.17, 15) is 45.6 Å². The van der Waals surface area contributed by atoms with E-state index in [2.05, 4.69) is 0 Å². The zero-order chi connectivity index (χ0) is 23.6. The van der Waals surface area contributed by atoms with Gasteiger partial charge in [0.25, 0.3) is 0 Å². The van der Waals surface area contributed by atoms with Gasteiger partial charge in [-0.2, -0.15) is 0 Å². The Hall–Kier alpha value is -1.91. The van der Waals surface area contributed by atoms with Crippen molar-refractivity contribution in [2.24, 2.45) is 0 Å². The van der Waals surface area contributed by atoms with Gasteiger partial charge in [-0.3, -0.25) is 0 Å². The van der Waals surface area contributed by atoms with Crippen molar-refractivity contribution < 1.29 is 64.6 Å². The summed E-state index contributed by atoms with van der Waals surface area (Å²) in [5, 5.41) is 77.4. The van der Waals surface area contributed by atoms with Gasteiger partial charge in [-0.1, -0.05) is 0 Å². The summed E-state index contributed by atoms with van der Waals surface area (Å²) in [5.41, 5.74) is -0.0110. The maximum atomic E-state index is 12.3. The third kappa shape index (κ3) is 5.02. The summed E-state index contributed by atoms with van der Waals surface area (Å²) in [6.07, 6.45) is -15.2. The molecule has 180 valence electrons. The summed E-state index contributed by atoms with van der Waals surface area (Å²) in [6, 6.07) is 5.16. The van der Waals surface area contributed by atoms with Crippen LogP contribution in [0.1, 0.15) is 10.4 Å². The van der Waals surface area contributed by atoms with Gasteiger partial charge in [0.05, 0.1) is 18.8 Å². The molecule has 2 heterocycles. The Bertz CT molecular complexity index is 754. The Morgan fingerprint density at radius 2 is 1.19 bits per heavy atom. The average Bonchev–Trinajstić information content (AvgIpc) is 2.80. The summed E-state index contributed by atoms with van der Waals surface area (Å²) in [4.78, 5) is 12.3. The molecule has 2 aliphatic rings. The van der Waals surface area contributed by atoms with E-state index in [1.807, 2.05) is 0 Å². The number of esters is 1. The summed E-state index contributed by atoms with van der Waals surface area (Å²) < 4.78 is 20.8. The predicted octanol–water partition coefficient (Wildman–Crippen LogP) is -4.18. The highest BCUT2D eigenvalue weighted by molar-refractivity contribution is 5.89. The first-order valence-corrected chi connectivity index (χ1v) is 9.76. The zero-order valence-corrected chi connectivity index (χ0v) is 16.6. The Morgan fingerprint density at radius 1 is 0.719 bits per heavy atom. The number of benzene rings is 1.